The molecule has 1 aromatic carbocycles. The summed E-state index contributed by atoms with van der Waals surface area (Å²) in [7, 11) is 0. The Kier molecular flexibility index (Phi) is 6.26. The summed E-state index contributed by atoms with van der Waals surface area (Å²) in [6, 6.07) is 4.82. The first-order valence-corrected chi connectivity index (χ1v) is 9.69. The Hall–Kier alpha value is -2.81. The Labute approximate surface area is 169 Å². The normalized spacial score (nSPS) is 20.3. The van der Waals surface area contributed by atoms with Gasteiger partial charge < -0.3 is 24.8 Å². The Balaban J connectivity index is 1.53. The zero-order chi connectivity index (χ0) is 21.0. The van der Waals surface area contributed by atoms with Gasteiger partial charge in [-0.15, -0.1) is 0 Å². The highest BCUT2D eigenvalue weighted by Crippen LogP contribution is 2.34. The molecule has 2 heterocycles. The first-order chi connectivity index (χ1) is 13.8. The third-order valence-electron chi connectivity index (χ3n) is 4.74. The summed E-state index contributed by atoms with van der Waals surface area (Å²) < 4.78 is 16.1. The number of benzene rings is 1. The minimum atomic E-state index is -1.13. The topological polar surface area (TPSA) is 106 Å². The van der Waals surface area contributed by atoms with Crippen LogP contribution >= 0.6 is 0 Å². The van der Waals surface area contributed by atoms with Gasteiger partial charge in [-0.05, 0) is 44.9 Å². The van der Waals surface area contributed by atoms with Gasteiger partial charge in [0.2, 0.25) is 12.7 Å². The highest BCUT2D eigenvalue weighted by atomic mass is 16.7. The smallest absolute Gasteiger partial charge is 0.325 e. The van der Waals surface area contributed by atoms with E-state index < -0.39 is 17.5 Å². The lowest BCUT2D eigenvalue weighted by atomic mass is 9.92. The minimum Gasteiger partial charge on any atom is -0.454 e. The first-order valence-electron chi connectivity index (χ1n) is 9.69. The van der Waals surface area contributed by atoms with Crippen LogP contribution in [0.1, 0.15) is 32.8 Å². The quantitative estimate of drug-likeness (QED) is 0.472. The summed E-state index contributed by atoms with van der Waals surface area (Å²) in [5.41, 5.74) is -0.308. The van der Waals surface area contributed by atoms with Gasteiger partial charge in [0.1, 0.15) is 12.1 Å². The van der Waals surface area contributed by atoms with E-state index in [1.54, 1.807) is 19.1 Å². The van der Waals surface area contributed by atoms with Gasteiger partial charge in [-0.2, -0.15) is 0 Å². The number of nitrogens with zero attached hydrogens (tertiary/aromatic N) is 1. The second-order valence-electron chi connectivity index (χ2n) is 7.64. The van der Waals surface area contributed by atoms with Gasteiger partial charge >= 0.3 is 6.03 Å². The summed E-state index contributed by atoms with van der Waals surface area (Å²) in [6.07, 6.45) is 1.07. The molecule has 2 aliphatic rings. The van der Waals surface area contributed by atoms with Gasteiger partial charge in [-0.3, -0.25) is 14.5 Å². The van der Waals surface area contributed by atoms with Crippen molar-refractivity contribution in [3.05, 3.63) is 23.8 Å². The maximum Gasteiger partial charge on any atom is 0.325 e. The molecular formula is C20H27N3O6. The van der Waals surface area contributed by atoms with E-state index in [0.29, 0.717) is 31.1 Å². The fraction of sp³-hybridized carbons (Fsp3) is 0.550. The van der Waals surface area contributed by atoms with Crippen LogP contribution in [0.15, 0.2) is 18.2 Å². The zero-order valence-corrected chi connectivity index (χ0v) is 16.9. The third kappa shape index (κ3) is 4.97. The van der Waals surface area contributed by atoms with Crippen molar-refractivity contribution in [1.82, 2.24) is 15.5 Å². The van der Waals surface area contributed by atoms with E-state index in [1.165, 1.54) is 0 Å². The molecule has 0 radical (unpaired) electrons. The molecule has 9 nitrogen and oxygen atoms in total. The fourth-order valence-electron chi connectivity index (χ4n) is 3.29. The predicted octanol–water partition coefficient (Wildman–Crippen LogP) is 1.20. The lowest BCUT2D eigenvalue weighted by Gasteiger charge is -2.22. The number of fused-ring (bicyclic) bond motifs is 1. The van der Waals surface area contributed by atoms with E-state index in [0.717, 1.165) is 10.5 Å². The molecule has 0 spiro atoms. The number of amides is 4. The van der Waals surface area contributed by atoms with Crippen LogP contribution in [0.25, 0.3) is 0 Å². The molecule has 1 atom stereocenters. The molecular weight excluding hydrogens is 378 g/mol. The van der Waals surface area contributed by atoms with Crippen molar-refractivity contribution in [2.24, 2.45) is 0 Å². The molecule has 4 amide bonds. The number of carbonyl (C=O) groups excluding carboxylic acids is 3. The Morgan fingerprint density at radius 2 is 2.07 bits per heavy atom. The van der Waals surface area contributed by atoms with Crippen LogP contribution in [-0.4, -0.2) is 60.9 Å². The number of imide groups is 1. The lowest BCUT2D eigenvalue weighted by Crippen LogP contribution is -2.47. The molecule has 0 saturated carbocycles. The van der Waals surface area contributed by atoms with Crippen LogP contribution in [-0.2, 0) is 20.7 Å². The maximum atomic E-state index is 12.8. The Morgan fingerprint density at radius 1 is 1.31 bits per heavy atom. The molecule has 0 aromatic heterocycles. The molecule has 29 heavy (non-hydrogen) atoms. The zero-order valence-electron chi connectivity index (χ0n) is 16.9. The number of nitrogens with one attached hydrogen (secondary N) is 2. The standard InChI is InChI=1S/C20H27N3O6/c1-13(2)27-8-4-7-21-17(24)11-23-18(25)20(3,22-19(23)26)10-14-5-6-15-16(9-14)29-12-28-15/h5-6,9,13H,4,7-8,10-12H2,1-3H3,(H,21,24)(H,22,26)/t20-/m0/s1. The molecule has 1 aromatic rings. The molecule has 3 rings (SSSR count). The summed E-state index contributed by atoms with van der Waals surface area (Å²) in [5.74, 6) is 0.446. The maximum absolute atomic E-state index is 12.8. The molecule has 9 heteroatoms. The molecule has 158 valence electrons. The average Bonchev–Trinajstić information content (AvgIpc) is 3.19. The second-order valence-corrected chi connectivity index (χ2v) is 7.64. The highest BCUT2D eigenvalue weighted by molar-refractivity contribution is 6.08. The summed E-state index contributed by atoms with van der Waals surface area (Å²) in [4.78, 5) is 38.2. The minimum absolute atomic E-state index is 0.138. The number of hydrogen-bond donors (Lipinski definition) is 2. The van der Waals surface area contributed by atoms with Crippen molar-refractivity contribution in [1.29, 1.82) is 0 Å². The molecule has 1 fully saturated rings. The van der Waals surface area contributed by atoms with E-state index in [-0.39, 0.29) is 31.8 Å². The molecule has 0 aliphatic carbocycles. The summed E-state index contributed by atoms with van der Waals surface area (Å²) >= 11 is 0. The van der Waals surface area contributed by atoms with Crippen LogP contribution in [0.5, 0.6) is 11.5 Å². The molecule has 2 N–H and O–H groups in total. The predicted molar refractivity (Wildman–Crippen MR) is 104 cm³/mol. The molecule has 0 bridgehead atoms. The van der Waals surface area contributed by atoms with E-state index >= 15 is 0 Å². The summed E-state index contributed by atoms with van der Waals surface area (Å²) in [5, 5.41) is 5.41. The highest BCUT2D eigenvalue weighted by Gasteiger charge is 2.48. The van der Waals surface area contributed by atoms with E-state index in [4.69, 9.17) is 14.2 Å². The van der Waals surface area contributed by atoms with Crippen LogP contribution in [0.3, 0.4) is 0 Å². The third-order valence-corrected chi connectivity index (χ3v) is 4.74. The number of urea groups is 1. The number of carbonyl (C=O) groups is 3. The Morgan fingerprint density at radius 3 is 2.83 bits per heavy atom. The van der Waals surface area contributed by atoms with Crippen molar-refractivity contribution in [2.45, 2.75) is 45.3 Å². The number of ether oxygens (including phenoxy) is 3. The van der Waals surface area contributed by atoms with Gasteiger partial charge in [-0.1, -0.05) is 6.07 Å². The van der Waals surface area contributed by atoms with Gasteiger partial charge in [0.25, 0.3) is 5.91 Å². The monoisotopic (exact) mass is 405 g/mol. The van der Waals surface area contributed by atoms with Crippen molar-refractivity contribution in [3.63, 3.8) is 0 Å². The van der Waals surface area contributed by atoms with Crippen molar-refractivity contribution >= 4 is 17.8 Å². The summed E-state index contributed by atoms with van der Waals surface area (Å²) in [6.45, 7) is 6.34. The largest absolute Gasteiger partial charge is 0.454 e. The van der Waals surface area contributed by atoms with Crippen LogP contribution in [0.2, 0.25) is 0 Å². The SMILES string of the molecule is CC(C)OCCCNC(=O)CN1C(=O)N[C@@](C)(Cc2ccc3c(c2)OCO3)C1=O. The van der Waals surface area contributed by atoms with E-state index in [1.807, 2.05) is 19.9 Å². The van der Waals surface area contributed by atoms with Gasteiger partial charge in [0, 0.05) is 19.6 Å². The second kappa shape index (κ2) is 8.69. The average molecular weight is 405 g/mol. The van der Waals surface area contributed by atoms with Crippen molar-refractivity contribution < 1.29 is 28.6 Å². The Bertz CT molecular complexity index is 796. The van der Waals surface area contributed by atoms with E-state index in [9.17, 15) is 14.4 Å². The number of rotatable bonds is 9. The fourth-order valence-corrected chi connectivity index (χ4v) is 3.29. The van der Waals surface area contributed by atoms with Crippen molar-refractivity contribution in [3.8, 4) is 11.5 Å². The van der Waals surface area contributed by atoms with Crippen molar-refractivity contribution in [2.75, 3.05) is 26.5 Å². The van der Waals surface area contributed by atoms with Gasteiger partial charge in [-0.25, -0.2) is 4.79 Å². The molecule has 0 unspecified atom stereocenters. The lowest BCUT2D eigenvalue weighted by molar-refractivity contribution is -0.134. The van der Waals surface area contributed by atoms with E-state index in [2.05, 4.69) is 10.6 Å². The van der Waals surface area contributed by atoms with Crippen LogP contribution < -0.4 is 20.1 Å². The number of hydrogen-bond acceptors (Lipinski definition) is 6. The first kappa shape index (κ1) is 20.9. The van der Waals surface area contributed by atoms with Gasteiger partial charge in [0.15, 0.2) is 11.5 Å². The molecule has 1 saturated heterocycles. The van der Waals surface area contributed by atoms with Gasteiger partial charge in [0.05, 0.1) is 6.10 Å². The van der Waals surface area contributed by atoms with Crippen LogP contribution in [0, 0.1) is 0 Å². The molecule has 2 aliphatic heterocycles. The van der Waals surface area contributed by atoms with Crippen LogP contribution in [0.4, 0.5) is 4.79 Å².